The molecular formula is C7H13BrO2SSi. The van der Waals surface area contributed by atoms with Crippen LogP contribution < -0.4 is 0 Å². The predicted molar refractivity (Wildman–Crippen MR) is 57.9 cm³/mol. The quantitative estimate of drug-likeness (QED) is 0.538. The van der Waals surface area contributed by atoms with E-state index < -0.39 is 17.9 Å². The van der Waals surface area contributed by atoms with Gasteiger partial charge in [0.25, 0.3) is 0 Å². The van der Waals surface area contributed by atoms with Crippen molar-refractivity contribution < 1.29 is 8.42 Å². The first kappa shape index (κ1) is 10.5. The molecule has 0 N–H and O–H groups in total. The van der Waals surface area contributed by atoms with Crippen molar-refractivity contribution in [1.82, 2.24) is 0 Å². The third kappa shape index (κ3) is 2.20. The lowest BCUT2D eigenvalue weighted by Gasteiger charge is -2.19. The maximum Gasteiger partial charge on any atom is 0.172 e. The van der Waals surface area contributed by atoms with Gasteiger partial charge in [0.05, 0.1) is 13.8 Å². The SMILES string of the molecule is C[Si](C)(C)C1=CS(=O)(=O)CC1Br. The van der Waals surface area contributed by atoms with E-state index in [0.29, 0.717) is 0 Å². The second-order valence-corrected chi connectivity index (χ2v) is 12.2. The Morgan fingerprint density at radius 1 is 1.50 bits per heavy atom. The largest absolute Gasteiger partial charge is 0.224 e. The summed E-state index contributed by atoms with van der Waals surface area (Å²) in [6.07, 6.45) is 0. The van der Waals surface area contributed by atoms with Gasteiger partial charge in [-0.05, 0) is 0 Å². The molecule has 1 unspecified atom stereocenters. The zero-order chi connectivity index (χ0) is 9.57. The molecule has 1 aliphatic rings. The maximum absolute atomic E-state index is 11.2. The van der Waals surface area contributed by atoms with Crippen LogP contribution in [-0.2, 0) is 9.84 Å². The third-order valence-electron chi connectivity index (χ3n) is 1.89. The molecule has 0 saturated carbocycles. The molecule has 0 spiro atoms. The Bertz CT molecular complexity index is 313. The molecule has 0 fully saturated rings. The van der Waals surface area contributed by atoms with Crippen LogP contribution in [0.5, 0.6) is 0 Å². The standard InChI is InChI=1S/C7H13BrO2SSi/c1-12(2,3)7-5-11(9,10)4-6(7)8/h5-6H,4H2,1-3H3. The van der Waals surface area contributed by atoms with Crippen molar-refractivity contribution in [3.63, 3.8) is 0 Å². The average Bonchev–Trinajstić information content (AvgIpc) is 2.03. The normalized spacial score (nSPS) is 28.7. The van der Waals surface area contributed by atoms with E-state index in [9.17, 15) is 8.42 Å². The molecule has 1 heterocycles. The first-order chi connectivity index (χ1) is 5.22. The van der Waals surface area contributed by atoms with Crippen LogP contribution in [0.15, 0.2) is 10.6 Å². The minimum absolute atomic E-state index is 0.0640. The van der Waals surface area contributed by atoms with E-state index in [0.717, 1.165) is 5.20 Å². The fourth-order valence-electron chi connectivity index (χ4n) is 1.26. The van der Waals surface area contributed by atoms with Crippen molar-refractivity contribution in [2.75, 3.05) is 5.75 Å². The molecule has 0 aromatic heterocycles. The van der Waals surface area contributed by atoms with Crippen molar-refractivity contribution in [3.05, 3.63) is 10.6 Å². The summed E-state index contributed by atoms with van der Waals surface area (Å²) < 4.78 is 22.4. The minimum Gasteiger partial charge on any atom is -0.224 e. The first-order valence-electron chi connectivity index (χ1n) is 3.81. The van der Waals surface area contributed by atoms with Gasteiger partial charge < -0.3 is 0 Å². The van der Waals surface area contributed by atoms with Crippen molar-refractivity contribution in [1.29, 1.82) is 0 Å². The molecule has 0 aliphatic carbocycles. The Labute approximate surface area is 83.1 Å². The van der Waals surface area contributed by atoms with E-state index in [1.807, 2.05) is 0 Å². The molecule has 0 amide bonds. The Hall–Kier alpha value is 0.387. The number of halogens is 1. The number of rotatable bonds is 1. The van der Waals surface area contributed by atoms with Gasteiger partial charge in [-0.15, -0.1) is 0 Å². The van der Waals surface area contributed by atoms with Gasteiger partial charge in [0.1, 0.15) is 0 Å². The molecule has 2 nitrogen and oxygen atoms in total. The topological polar surface area (TPSA) is 34.1 Å². The van der Waals surface area contributed by atoms with Crippen molar-refractivity contribution >= 4 is 33.8 Å². The first-order valence-corrected chi connectivity index (χ1v) is 9.94. The highest BCUT2D eigenvalue weighted by Gasteiger charge is 2.34. The molecule has 1 atom stereocenters. The lowest BCUT2D eigenvalue weighted by molar-refractivity contribution is 0.607. The lowest BCUT2D eigenvalue weighted by atomic mass is 10.5. The predicted octanol–water partition coefficient (Wildman–Crippen LogP) is 1.94. The summed E-state index contributed by atoms with van der Waals surface area (Å²) in [6, 6.07) is 0. The van der Waals surface area contributed by atoms with Crippen LogP contribution in [0.3, 0.4) is 0 Å². The van der Waals surface area contributed by atoms with E-state index in [2.05, 4.69) is 35.6 Å². The number of alkyl halides is 1. The molecule has 1 rings (SSSR count). The van der Waals surface area contributed by atoms with Gasteiger partial charge in [-0.25, -0.2) is 8.42 Å². The molecule has 5 heteroatoms. The van der Waals surface area contributed by atoms with Crippen LogP contribution in [0.4, 0.5) is 0 Å². The summed E-state index contributed by atoms with van der Waals surface area (Å²) >= 11 is 3.40. The van der Waals surface area contributed by atoms with Crippen LogP contribution in [0.25, 0.3) is 0 Å². The Morgan fingerprint density at radius 2 is 2.00 bits per heavy atom. The number of hydrogen-bond donors (Lipinski definition) is 0. The molecular weight excluding hydrogens is 256 g/mol. The summed E-state index contributed by atoms with van der Waals surface area (Å²) in [5.41, 5.74) is 0. The van der Waals surface area contributed by atoms with Gasteiger partial charge in [-0.3, -0.25) is 0 Å². The fraction of sp³-hybridized carbons (Fsp3) is 0.714. The summed E-state index contributed by atoms with van der Waals surface area (Å²) in [7, 11) is -4.34. The Morgan fingerprint density at radius 3 is 2.17 bits per heavy atom. The zero-order valence-electron chi connectivity index (χ0n) is 7.46. The van der Waals surface area contributed by atoms with Crippen LogP contribution >= 0.6 is 15.9 Å². The average molecular weight is 269 g/mol. The molecule has 0 saturated heterocycles. The van der Waals surface area contributed by atoms with Gasteiger partial charge in [0.15, 0.2) is 9.84 Å². The molecule has 0 aromatic carbocycles. The summed E-state index contributed by atoms with van der Waals surface area (Å²) in [5.74, 6) is 0.243. The van der Waals surface area contributed by atoms with Crippen LogP contribution in [0, 0.1) is 0 Å². The number of hydrogen-bond acceptors (Lipinski definition) is 2. The third-order valence-corrected chi connectivity index (χ3v) is 7.40. The number of sulfone groups is 1. The second-order valence-electron chi connectivity index (χ2n) is 4.12. The minimum atomic E-state index is -2.90. The summed E-state index contributed by atoms with van der Waals surface area (Å²) in [6.45, 7) is 6.48. The van der Waals surface area contributed by atoms with Gasteiger partial charge in [-0.2, -0.15) is 0 Å². The second kappa shape index (κ2) is 2.96. The van der Waals surface area contributed by atoms with E-state index in [4.69, 9.17) is 0 Å². The molecule has 0 radical (unpaired) electrons. The van der Waals surface area contributed by atoms with Gasteiger partial charge in [0.2, 0.25) is 0 Å². The van der Waals surface area contributed by atoms with Crippen molar-refractivity contribution in [2.24, 2.45) is 0 Å². The maximum atomic E-state index is 11.2. The molecule has 70 valence electrons. The van der Waals surface area contributed by atoms with Crippen LogP contribution in [0.2, 0.25) is 19.6 Å². The van der Waals surface area contributed by atoms with E-state index in [-0.39, 0.29) is 10.6 Å². The van der Waals surface area contributed by atoms with Crippen molar-refractivity contribution in [3.8, 4) is 0 Å². The zero-order valence-corrected chi connectivity index (χ0v) is 10.9. The Kier molecular flexibility index (Phi) is 2.58. The number of allylic oxidation sites excluding steroid dienone is 1. The van der Waals surface area contributed by atoms with Gasteiger partial charge in [0, 0.05) is 10.2 Å². The highest BCUT2D eigenvalue weighted by Crippen LogP contribution is 2.31. The van der Waals surface area contributed by atoms with Gasteiger partial charge in [-0.1, -0.05) is 40.8 Å². The smallest absolute Gasteiger partial charge is 0.172 e. The van der Waals surface area contributed by atoms with E-state index >= 15 is 0 Å². The monoisotopic (exact) mass is 268 g/mol. The lowest BCUT2D eigenvalue weighted by Crippen LogP contribution is -2.28. The van der Waals surface area contributed by atoms with Gasteiger partial charge >= 0.3 is 0 Å². The van der Waals surface area contributed by atoms with E-state index in [1.165, 1.54) is 5.41 Å². The molecule has 1 aliphatic heterocycles. The summed E-state index contributed by atoms with van der Waals surface area (Å²) in [5, 5.41) is 2.58. The molecule has 12 heavy (non-hydrogen) atoms. The van der Waals surface area contributed by atoms with Crippen LogP contribution in [0.1, 0.15) is 0 Å². The van der Waals surface area contributed by atoms with Crippen molar-refractivity contribution in [2.45, 2.75) is 24.5 Å². The molecule has 0 aromatic rings. The van der Waals surface area contributed by atoms with E-state index in [1.54, 1.807) is 0 Å². The highest BCUT2D eigenvalue weighted by molar-refractivity contribution is 9.09. The van der Waals surface area contributed by atoms with Crippen LogP contribution in [-0.4, -0.2) is 27.1 Å². The summed E-state index contributed by atoms with van der Waals surface area (Å²) in [4.78, 5) is 0.0640. The highest BCUT2D eigenvalue weighted by atomic mass is 79.9. The molecule has 0 bridgehead atoms. The Balaban J connectivity index is 3.09. The fourth-order valence-corrected chi connectivity index (χ4v) is 9.11.